The van der Waals surface area contributed by atoms with E-state index in [1.807, 2.05) is 24.1 Å². The van der Waals surface area contributed by atoms with Crippen molar-refractivity contribution in [3.05, 3.63) is 46.5 Å². The SMILES string of the molecule is Cc1cccc2c1[nH]c(=S)n2CCc1cnn(C)c1. The zero-order valence-electron chi connectivity index (χ0n) is 11.1. The standard InChI is InChI=1S/C14H16N4S/c1-10-4-3-5-12-13(10)16-14(19)18(12)7-6-11-8-15-17(2)9-11/h3-5,8-9H,6-7H2,1-2H3,(H,16,19). The smallest absolute Gasteiger partial charge is 0.178 e. The van der Waals surface area contributed by atoms with E-state index in [0.717, 1.165) is 23.3 Å². The van der Waals surface area contributed by atoms with Gasteiger partial charge < -0.3 is 9.55 Å². The van der Waals surface area contributed by atoms with Crippen molar-refractivity contribution >= 4 is 23.3 Å². The molecule has 4 nitrogen and oxygen atoms in total. The fourth-order valence-electron chi connectivity index (χ4n) is 2.39. The van der Waals surface area contributed by atoms with Crippen molar-refractivity contribution < 1.29 is 0 Å². The Morgan fingerprint density at radius 3 is 2.95 bits per heavy atom. The first-order valence-corrected chi connectivity index (χ1v) is 6.71. The molecule has 0 aliphatic heterocycles. The van der Waals surface area contributed by atoms with Crippen LogP contribution in [0.25, 0.3) is 11.0 Å². The molecule has 0 amide bonds. The summed E-state index contributed by atoms with van der Waals surface area (Å²) in [7, 11) is 1.93. The first-order valence-electron chi connectivity index (χ1n) is 6.31. The van der Waals surface area contributed by atoms with Crippen LogP contribution in [0.4, 0.5) is 0 Å². The number of imidazole rings is 1. The van der Waals surface area contributed by atoms with Crippen molar-refractivity contribution in [2.45, 2.75) is 19.9 Å². The third-order valence-corrected chi connectivity index (χ3v) is 3.72. The fraction of sp³-hybridized carbons (Fsp3) is 0.286. The van der Waals surface area contributed by atoms with E-state index < -0.39 is 0 Å². The van der Waals surface area contributed by atoms with Crippen molar-refractivity contribution in [3.8, 4) is 0 Å². The lowest BCUT2D eigenvalue weighted by molar-refractivity contribution is 0.705. The summed E-state index contributed by atoms with van der Waals surface area (Å²) in [4.78, 5) is 3.29. The molecule has 0 bridgehead atoms. The second-order valence-electron chi connectivity index (χ2n) is 4.82. The molecular formula is C14H16N4S. The number of hydrogen-bond acceptors (Lipinski definition) is 2. The summed E-state index contributed by atoms with van der Waals surface area (Å²) in [5, 5.41) is 4.19. The second kappa shape index (κ2) is 4.66. The largest absolute Gasteiger partial charge is 0.330 e. The van der Waals surface area contributed by atoms with Crippen molar-refractivity contribution in [3.63, 3.8) is 0 Å². The molecule has 1 N–H and O–H groups in total. The van der Waals surface area contributed by atoms with Gasteiger partial charge >= 0.3 is 0 Å². The van der Waals surface area contributed by atoms with E-state index in [-0.39, 0.29) is 0 Å². The maximum absolute atomic E-state index is 5.42. The molecule has 0 spiro atoms. The number of para-hydroxylation sites is 1. The Bertz CT molecular complexity index is 778. The van der Waals surface area contributed by atoms with E-state index in [1.165, 1.54) is 16.6 Å². The molecule has 0 atom stereocenters. The first-order chi connectivity index (χ1) is 9.15. The minimum absolute atomic E-state index is 0.785. The van der Waals surface area contributed by atoms with Crippen molar-refractivity contribution in [2.75, 3.05) is 0 Å². The lowest BCUT2D eigenvalue weighted by Gasteiger charge is -2.03. The van der Waals surface area contributed by atoms with Gasteiger partial charge in [-0.05, 0) is 42.8 Å². The molecule has 5 heteroatoms. The summed E-state index contributed by atoms with van der Waals surface area (Å²) in [5.74, 6) is 0. The van der Waals surface area contributed by atoms with E-state index in [9.17, 15) is 0 Å². The minimum Gasteiger partial charge on any atom is -0.330 e. The Kier molecular flexibility index (Phi) is 2.98. The van der Waals surface area contributed by atoms with Crippen LogP contribution in [0.3, 0.4) is 0 Å². The number of aromatic nitrogens is 4. The average molecular weight is 272 g/mol. The Morgan fingerprint density at radius 2 is 2.21 bits per heavy atom. The highest BCUT2D eigenvalue weighted by molar-refractivity contribution is 7.71. The van der Waals surface area contributed by atoms with Gasteiger partial charge in [0.15, 0.2) is 4.77 Å². The highest BCUT2D eigenvalue weighted by Gasteiger charge is 2.06. The predicted octanol–water partition coefficient (Wildman–Crippen LogP) is 2.98. The lowest BCUT2D eigenvalue weighted by atomic mass is 10.2. The van der Waals surface area contributed by atoms with Crippen molar-refractivity contribution in [1.29, 1.82) is 0 Å². The second-order valence-corrected chi connectivity index (χ2v) is 5.21. The van der Waals surface area contributed by atoms with E-state index in [1.54, 1.807) is 0 Å². The molecule has 0 fully saturated rings. The van der Waals surface area contributed by atoms with Crippen LogP contribution in [0, 0.1) is 11.7 Å². The van der Waals surface area contributed by atoms with Gasteiger partial charge in [0, 0.05) is 19.8 Å². The maximum Gasteiger partial charge on any atom is 0.178 e. The summed E-state index contributed by atoms with van der Waals surface area (Å²) < 4.78 is 4.77. The summed E-state index contributed by atoms with van der Waals surface area (Å²) in [6.07, 6.45) is 4.89. The third kappa shape index (κ3) is 2.21. The van der Waals surface area contributed by atoms with E-state index in [0.29, 0.717) is 0 Å². The first kappa shape index (κ1) is 12.2. The van der Waals surface area contributed by atoms with Crippen LogP contribution < -0.4 is 0 Å². The molecule has 98 valence electrons. The van der Waals surface area contributed by atoms with Crippen LogP contribution in [0.15, 0.2) is 30.6 Å². The number of aromatic amines is 1. The molecule has 0 aliphatic rings. The summed E-state index contributed by atoms with van der Waals surface area (Å²) in [5.41, 5.74) is 4.77. The van der Waals surface area contributed by atoms with Crippen LogP contribution in [0.1, 0.15) is 11.1 Å². The molecule has 0 unspecified atom stereocenters. The van der Waals surface area contributed by atoms with Crippen molar-refractivity contribution in [2.24, 2.45) is 7.05 Å². The van der Waals surface area contributed by atoms with Crippen LogP contribution in [0.5, 0.6) is 0 Å². The van der Waals surface area contributed by atoms with Gasteiger partial charge in [-0.15, -0.1) is 0 Å². The Balaban J connectivity index is 1.95. The third-order valence-electron chi connectivity index (χ3n) is 3.40. The topological polar surface area (TPSA) is 38.5 Å². The number of fused-ring (bicyclic) bond motifs is 1. The number of hydrogen-bond donors (Lipinski definition) is 1. The molecule has 0 saturated carbocycles. The molecule has 1 aromatic carbocycles. The molecule has 2 heterocycles. The van der Waals surface area contributed by atoms with Gasteiger partial charge in [-0.25, -0.2) is 0 Å². The highest BCUT2D eigenvalue weighted by atomic mass is 32.1. The molecule has 2 aromatic heterocycles. The number of benzene rings is 1. The van der Waals surface area contributed by atoms with Gasteiger partial charge in [-0.1, -0.05) is 12.1 Å². The van der Waals surface area contributed by atoms with E-state index in [4.69, 9.17) is 12.2 Å². The summed E-state index contributed by atoms with van der Waals surface area (Å²) in [6.45, 7) is 2.97. The van der Waals surface area contributed by atoms with Gasteiger partial charge in [0.25, 0.3) is 0 Å². The fourth-order valence-corrected chi connectivity index (χ4v) is 2.68. The maximum atomic E-state index is 5.42. The van der Waals surface area contributed by atoms with Crippen molar-refractivity contribution in [1.82, 2.24) is 19.3 Å². The zero-order valence-corrected chi connectivity index (χ0v) is 11.9. The van der Waals surface area contributed by atoms with Gasteiger partial charge in [0.2, 0.25) is 0 Å². The average Bonchev–Trinajstić information content (AvgIpc) is 2.92. The number of aryl methyl sites for hydroxylation is 4. The molecule has 0 radical (unpaired) electrons. The van der Waals surface area contributed by atoms with Crippen LogP contribution >= 0.6 is 12.2 Å². The van der Waals surface area contributed by atoms with Gasteiger partial charge in [-0.2, -0.15) is 5.10 Å². The van der Waals surface area contributed by atoms with Gasteiger partial charge in [0.1, 0.15) is 0 Å². The van der Waals surface area contributed by atoms with Gasteiger partial charge in [0.05, 0.1) is 17.2 Å². The van der Waals surface area contributed by atoms with Crippen LogP contribution in [0.2, 0.25) is 0 Å². The minimum atomic E-state index is 0.785. The van der Waals surface area contributed by atoms with Crippen LogP contribution in [-0.2, 0) is 20.0 Å². The van der Waals surface area contributed by atoms with E-state index in [2.05, 4.69) is 39.8 Å². The molecule has 0 saturated heterocycles. The van der Waals surface area contributed by atoms with Crippen LogP contribution in [-0.4, -0.2) is 19.3 Å². The Morgan fingerprint density at radius 1 is 1.37 bits per heavy atom. The molecular weight excluding hydrogens is 256 g/mol. The summed E-state index contributed by atoms with van der Waals surface area (Å²) in [6, 6.07) is 6.28. The Hall–Kier alpha value is -1.88. The van der Waals surface area contributed by atoms with Gasteiger partial charge in [-0.3, -0.25) is 4.68 Å². The molecule has 0 aliphatic carbocycles. The lowest BCUT2D eigenvalue weighted by Crippen LogP contribution is -2.00. The molecule has 3 rings (SSSR count). The van der Waals surface area contributed by atoms with E-state index >= 15 is 0 Å². The summed E-state index contributed by atoms with van der Waals surface area (Å²) >= 11 is 5.42. The molecule has 3 aromatic rings. The number of rotatable bonds is 3. The zero-order chi connectivity index (χ0) is 13.4. The predicted molar refractivity (Wildman–Crippen MR) is 78.8 cm³/mol. The monoisotopic (exact) mass is 272 g/mol. The number of nitrogens with one attached hydrogen (secondary N) is 1. The number of H-pyrrole nitrogens is 1. The Labute approximate surface area is 116 Å². The molecule has 19 heavy (non-hydrogen) atoms. The quantitative estimate of drug-likeness (QED) is 0.744. The normalized spacial score (nSPS) is 11.3. The number of nitrogens with zero attached hydrogens (tertiary/aromatic N) is 3. The highest BCUT2D eigenvalue weighted by Crippen LogP contribution is 2.18.